The number of likely N-dealkylation sites (tertiary alicyclic amines) is 1. The van der Waals surface area contributed by atoms with Crippen LogP contribution in [0.5, 0.6) is 0 Å². The number of hydrogen-bond donors (Lipinski definition) is 2. The van der Waals surface area contributed by atoms with E-state index in [0.29, 0.717) is 19.5 Å². The number of benzene rings is 1. The predicted molar refractivity (Wildman–Crippen MR) is 115 cm³/mol. The lowest BCUT2D eigenvalue weighted by molar-refractivity contribution is -0.144. The Morgan fingerprint density at radius 2 is 2.03 bits per heavy atom. The average Bonchev–Trinajstić information content (AvgIpc) is 3.24. The van der Waals surface area contributed by atoms with Gasteiger partial charge in [-0.25, -0.2) is 0 Å². The number of nitrogens with one attached hydrogen (secondary N) is 1. The zero-order valence-electron chi connectivity index (χ0n) is 17.4. The summed E-state index contributed by atoms with van der Waals surface area (Å²) in [5.41, 5.74) is 5.70. The van der Waals surface area contributed by atoms with E-state index in [2.05, 4.69) is 22.6 Å². The number of carboxylic acids is 1. The third-order valence-corrected chi connectivity index (χ3v) is 5.52. The number of nitrogens with zero attached hydrogens (tertiary/aromatic N) is 3. The Bertz CT molecular complexity index is 783. The molecule has 8 heteroatoms. The van der Waals surface area contributed by atoms with Gasteiger partial charge in [0, 0.05) is 32.5 Å². The maximum Gasteiger partial charge on any atom is 0.303 e. The molecule has 0 aromatic heterocycles. The zero-order valence-corrected chi connectivity index (χ0v) is 17.4. The lowest BCUT2D eigenvalue weighted by Gasteiger charge is -2.32. The first-order chi connectivity index (χ1) is 14.6. The minimum absolute atomic E-state index is 0.0653. The van der Waals surface area contributed by atoms with Gasteiger partial charge in [0.2, 0.25) is 6.10 Å². The van der Waals surface area contributed by atoms with Crippen molar-refractivity contribution >= 4 is 23.8 Å². The van der Waals surface area contributed by atoms with Crippen LogP contribution in [0.1, 0.15) is 56.6 Å². The van der Waals surface area contributed by atoms with Crippen LogP contribution >= 0.6 is 0 Å². The summed E-state index contributed by atoms with van der Waals surface area (Å²) in [6.07, 6.45) is 5.46. The molecule has 2 aliphatic rings. The molecule has 1 aromatic carbocycles. The van der Waals surface area contributed by atoms with Crippen molar-refractivity contribution in [2.75, 3.05) is 19.6 Å². The van der Waals surface area contributed by atoms with Gasteiger partial charge < -0.3 is 20.3 Å². The Kier molecular flexibility index (Phi) is 7.82. The monoisotopic (exact) mass is 414 g/mol. The number of piperidine rings is 1. The molecular weight excluding hydrogens is 384 g/mol. The second kappa shape index (κ2) is 10.8. The molecule has 2 N–H and O–H groups in total. The number of hydrazone groups is 1. The number of rotatable bonds is 9. The fourth-order valence-electron chi connectivity index (χ4n) is 3.69. The molecule has 1 amide bonds. The molecule has 0 aliphatic carbocycles. The number of carbonyl (C=O) groups excluding carboxylic acids is 1. The smallest absolute Gasteiger partial charge is 0.303 e. The molecule has 3 rings (SSSR count). The number of hydrogen-bond acceptors (Lipinski definition) is 6. The molecule has 162 valence electrons. The quantitative estimate of drug-likeness (QED) is 0.367. The van der Waals surface area contributed by atoms with Gasteiger partial charge >= 0.3 is 5.97 Å². The largest absolute Gasteiger partial charge is 0.481 e. The summed E-state index contributed by atoms with van der Waals surface area (Å²) in [6.45, 7) is 4.16. The van der Waals surface area contributed by atoms with Crippen molar-refractivity contribution in [1.29, 1.82) is 0 Å². The highest BCUT2D eigenvalue weighted by Gasteiger charge is 2.34. The van der Waals surface area contributed by atoms with Crippen molar-refractivity contribution in [2.24, 2.45) is 16.2 Å². The lowest BCUT2D eigenvalue weighted by atomic mass is 9.93. The fraction of sp³-hybridized carbons (Fsp3) is 0.545. The van der Waals surface area contributed by atoms with Crippen molar-refractivity contribution in [3.05, 3.63) is 35.4 Å². The van der Waals surface area contributed by atoms with Gasteiger partial charge in [-0.2, -0.15) is 5.10 Å². The van der Waals surface area contributed by atoms with Gasteiger partial charge in [-0.1, -0.05) is 42.8 Å². The molecule has 1 saturated heterocycles. The van der Waals surface area contributed by atoms with Gasteiger partial charge in [-0.15, -0.1) is 0 Å². The van der Waals surface area contributed by atoms with E-state index in [1.165, 1.54) is 0 Å². The molecule has 2 aliphatic heterocycles. The molecule has 0 bridgehead atoms. The number of aliphatic carboxylic acids is 1. The first-order valence-corrected chi connectivity index (χ1v) is 10.7. The van der Waals surface area contributed by atoms with E-state index in [1.54, 1.807) is 11.1 Å². The third-order valence-electron chi connectivity index (χ3n) is 5.52. The van der Waals surface area contributed by atoms with Crippen LogP contribution in [0.3, 0.4) is 0 Å². The second-order valence-corrected chi connectivity index (χ2v) is 7.84. The van der Waals surface area contributed by atoms with Crippen LogP contribution < -0.4 is 5.43 Å². The average molecular weight is 415 g/mol. The van der Waals surface area contributed by atoms with E-state index >= 15 is 0 Å². The number of carboxylic acid groups (broad SMARTS) is 1. The molecule has 0 saturated carbocycles. The van der Waals surface area contributed by atoms with Crippen molar-refractivity contribution < 1.29 is 19.5 Å². The van der Waals surface area contributed by atoms with Crippen molar-refractivity contribution in [1.82, 2.24) is 10.3 Å². The van der Waals surface area contributed by atoms with Crippen LogP contribution in [0, 0.1) is 5.92 Å². The SMILES string of the molecule is CCCCN/N=C/c1ccc(C2=NOC(C(=O)N3CCC(CC(=O)O)CC3)C2)cc1. The topological polar surface area (TPSA) is 104 Å². The highest BCUT2D eigenvalue weighted by Crippen LogP contribution is 2.24. The summed E-state index contributed by atoms with van der Waals surface area (Å²) in [5.74, 6) is -0.696. The first kappa shape index (κ1) is 21.8. The molecular formula is C22H30N4O4. The van der Waals surface area contributed by atoms with E-state index in [1.807, 2.05) is 24.3 Å². The highest BCUT2D eigenvalue weighted by atomic mass is 16.6. The fourth-order valence-corrected chi connectivity index (χ4v) is 3.69. The Morgan fingerprint density at radius 1 is 1.30 bits per heavy atom. The summed E-state index contributed by atoms with van der Waals surface area (Å²) >= 11 is 0. The minimum Gasteiger partial charge on any atom is -0.481 e. The lowest BCUT2D eigenvalue weighted by Crippen LogP contribution is -2.44. The van der Waals surface area contributed by atoms with Gasteiger partial charge in [-0.05, 0) is 36.3 Å². The van der Waals surface area contributed by atoms with Crippen molar-refractivity contribution in [3.63, 3.8) is 0 Å². The molecule has 0 spiro atoms. The van der Waals surface area contributed by atoms with Gasteiger partial charge in [0.15, 0.2) is 0 Å². The molecule has 2 heterocycles. The summed E-state index contributed by atoms with van der Waals surface area (Å²) in [4.78, 5) is 30.8. The number of amides is 1. The molecule has 1 unspecified atom stereocenters. The van der Waals surface area contributed by atoms with Gasteiger partial charge in [0.25, 0.3) is 5.91 Å². The maximum absolute atomic E-state index is 12.7. The van der Waals surface area contributed by atoms with Crippen LogP contribution in [0.25, 0.3) is 0 Å². The van der Waals surface area contributed by atoms with E-state index < -0.39 is 12.1 Å². The number of unbranched alkanes of at least 4 members (excludes halogenated alkanes) is 1. The molecule has 1 aromatic rings. The molecule has 1 atom stereocenters. The van der Waals surface area contributed by atoms with E-state index in [-0.39, 0.29) is 18.2 Å². The Labute approximate surface area is 177 Å². The Balaban J connectivity index is 1.46. The molecule has 1 fully saturated rings. The normalized spacial score (nSPS) is 19.6. The van der Waals surface area contributed by atoms with Crippen molar-refractivity contribution in [2.45, 2.75) is 51.6 Å². The van der Waals surface area contributed by atoms with E-state index in [4.69, 9.17) is 9.94 Å². The van der Waals surface area contributed by atoms with E-state index in [9.17, 15) is 9.59 Å². The predicted octanol–water partition coefficient (Wildman–Crippen LogP) is 2.62. The van der Waals surface area contributed by atoms with Gasteiger partial charge in [0.1, 0.15) is 0 Å². The molecule has 0 radical (unpaired) electrons. The second-order valence-electron chi connectivity index (χ2n) is 7.84. The molecule has 30 heavy (non-hydrogen) atoms. The van der Waals surface area contributed by atoms with Crippen LogP contribution in [0.15, 0.2) is 34.5 Å². The maximum atomic E-state index is 12.7. The van der Waals surface area contributed by atoms with Crippen LogP contribution in [-0.4, -0.2) is 59.5 Å². The number of oxime groups is 1. The number of carbonyl (C=O) groups is 2. The summed E-state index contributed by atoms with van der Waals surface area (Å²) < 4.78 is 0. The Morgan fingerprint density at radius 3 is 2.70 bits per heavy atom. The molecule has 8 nitrogen and oxygen atoms in total. The van der Waals surface area contributed by atoms with Gasteiger partial charge in [0.05, 0.1) is 11.9 Å². The van der Waals surface area contributed by atoms with Gasteiger partial charge in [-0.3, -0.25) is 9.59 Å². The zero-order chi connectivity index (χ0) is 21.3. The Hall–Kier alpha value is -2.90. The van der Waals surface area contributed by atoms with Crippen LogP contribution in [0.4, 0.5) is 0 Å². The highest BCUT2D eigenvalue weighted by molar-refractivity contribution is 6.04. The van der Waals surface area contributed by atoms with E-state index in [0.717, 1.165) is 49.1 Å². The minimum atomic E-state index is -0.776. The standard InChI is InChI=1S/C22H30N4O4/c1-2-3-10-23-24-15-17-4-6-18(7-5-17)19-14-20(30-25-19)22(29)26-11-8-16(9-12-26)13-21(27)28/h4-7,15-16,20,23H,2-3,8-14H2,1H3,(H,27,28)/b24-15+. The van der Waals surface area contributed by atoms with Crippen molar-refractivity contribution in [3.8, 4) is 0 Å². The summed E-state index contributed by atoms with van der Waals surface area (Å²) in [5, 5.41) is 17.2. The summed E-state index contributed by atoms with van der Waals surface area (Å²) in [6, 6.07) is 7.84. The summed E-state index contributed by atoms with van der Waals surface area (Å²) in [7, 11) is 0. The first-order valence-electron chi connectivity index (χ1n) is 10.7. The van der Waals surface area contributed by atoms with Crippen LogP contribution in [-0.2, 0) is 14.4 Å². The van der Waals surface area contributed by atoms with Crippen LogP contribution in [0.2, 0.25) is 0 Å². The third kappa shape index (κ3) is 6.05.